The molecule has 2 saturated heterocycles. The van der Waals surface area contributed by atoms with E-state index in [0.29, 0.717) is 35.7 Å². The smallest absolute Gasteiger partial charge is 0.246 e. The number of primary amides is 2. The molecule has 468 valence electrons. The Morgan fingerprint density at radius 3 is 2.00 bits per heavy atom. The molecule has 0 saturated carbocycles. The van der Waals surface area contributed by atoms with Crippen molar-refractivity contribution in [2.45, 2.75) is 150 Å². The Kier molecular flexibility index (Phi) is 26.8. The Labute approximate surface area is 487 Å². The number of benzene rings is 2. The summed E-state index contributed by atoms with van der Waals surface area (Å²) in [5.41, 5.74) is 17.7. The fourth-order valence-corrected chi connectivity index (χ4v) is 9.23. The molecule has 13 unspecified atom stereocenters. The Morgan fingerprint density at radius 2 is 1.33 bits per heavy atom. The molecule has 5 rings (SSSR count). The standard InChI is InChI=1S/C54H78N12O19/c1-2-3-16-83-31-18-30(85-54-47(76)46(75)39(69)26-84-54)19-42(72)61-35(17-28-22-58-33-9-5-4-8-32(28)33)51(80)66-44(45(74)27-11-13-29(68)14-12-27)53(82)63-34(10-6-7-15-55)48(77)60-24-43(73)62-37(21-41(57)71)50(79)65-38(25-67)52(81)64-36(20-40(56)70)49(78)59-23-31/h4-5,8-9,11-14,22,30-31,34-39,44-47,54,58,67-69,74-76H,2-3,6-7,10,15-21,23-26,55H2,1H3,(H2,56,70)(H2,57,71)(H,59,78)(H,60,77)(H,61,72)(H,62,73)(H,63,82)(H,64,81)(H,65,79)(H,66,80). The van der Waals surface area contributed by atoms with Gasteiger partial charge in [0.25, 0.3) is 0 Å². The van der Waals surface area contributed by atoms with E-state index in [0.717, 1.165) is 0 Å². The minimum absolute atomic E-state index is 0.0113. The zero-order valence-electron chi connectivity index (χ0n) is 46.7. The molecule has 85 heavy (non-hydrogen) atoms. The molecule has 2 aliphatic rings. The van der Waals surface area contributed by atoms with Gasteiger partial charge in [-0.1, -0.05) is 43.7 Å². The van der Waals surface area contributed by atoms with Gasteiger partial charge in [-0.15, -0.1) is 0 Å². The summed E-state index contributed by atoms with van der Waals surface area (Å²) in [6.45, 7) is -0.980. The van der Waals surface area contributed by atoms with Gasteiger partial charge in [-0.05, 0) is 61.6 Å². The molecule has 2 fully saturated rings. The minimum Gasteiger partial charge on any atom is -0.508 e. The average Bonchev–Trinajstić information content (AvgIpc) is 4.03. The number of H-pyrrole nitrogens is 1. The number of aromatic nitrogens is 1. The molecule has 0 aliphatic carbocycles. The Bertz CT molecular complexity index is 2770. The molecular weight excluding hydrogens is 1120 g/mol. The van der Waals surface area contributed by atoms with Gasteiger partial charge < -0.3 is 110 Å². The highest BCUT2D eigenvalue weighted by molar-refractivity contribution is 5.99. The van der Waals surface area contributed by atoms with Crippen LogP contribution in [-0.4, -0.2) is 207 Å². The number of nitrogens with one attached hydrogen (secondary N) is 9. The molecule has 0 spiro atoms. The summed E-state index contributed by atoms with van der Waals surface area (Å²) < 4.78 is 17.8. The summed E-state index contributed by atoms with van der Waals surface area (Å²) in [5.74, 6) is -11.3. The molecule has 3 heterocycles. The third-order valence-electron chi connectivity index (χ3n) is 13.9. The van der Waals surface area contributed by atoms with E-state index in [1.165, 1.54) is 24.3 Å². The first-order valence-electron chi connectivity index (χ1n) is 27.7. The number of phenols is 1. The van der Waals surface area contributed by atoms with E-state index in [1.54, 1.807) is 30.5 Å². The maximum atomic E-state index is 14.9. The highest BCUT2D eigenvalue weighted by Gasteiger charge is 2.41. The monoisotopic (exact) mass is 1200 g/mol. The number of phenolic OH excluding ortho intramolecular Hbond substituents is 1. The summed E-state index contributed by atoms with van der Waals surface area (Å²) >= 11 is 0. The van der Waals surface area contributed by atoms with Crippen LogP contribution in [0.25, 0.3) is 10.9 Å². The lowest BCUT2D eigenvalue weighted by Crippen LogP contribution is -2.60. The van der Waals surface area contributed by atoms with Gasteiger partial charge in [0, 0.05) is 43.1 Å². The molecule has 21 N–H and O–H groups in total. The molecule has 31 nitrogen and oxygen atoms in total. The number of carbonyl (C=O) groups excluding carboxylic acids is 10. The lowest BCUT2D eigenvalue weighted by atomic mass is 9.98. The second-order valence-electron chi connectivity index (χ2n) is 20.6. The van der Waals surface area contributed by atoms with Gasteiger partial charge in [0.05, 0.1) is 51.2 Å². The van der Waals surface area contributed by atoms with Crippen LogP contribution in [0.1, 0.15) is 81.9 Å². The van der Waals surface area contributed by atoms with Gasteiger partial charge in [-0.2, -0.15) is 0 Å². The van der Waals surface area contributed by atoms with E-state index in [4.69, 9.17) is 31.4 Å². The van der Waals surface area contributed by atoms with Crippen molar-refractivity contribution in [3.8, 4) is 5.75 Å². The van der Waals surface area contributed by atoms with Crippen LogP contribution in [0.4, 0.5) is 0 Å². The summed E-state index contributed by atoms with van der Waals surface area (Å²) in [6.07, 6.45) is -11.3. The average molecular weight is 1200 g/mol. The molecule has 2 aliphatic heterocycles. The van der Waals surface area contributed by atoms with E-state index in [1.807, 2.05) is 6.92 Å². The van der Waals surface area contributed by atoms with Crippen molar-refractivity contribution in [2.75, 3.05) is 39.5 Å². The highest BCUT2D eigenvalue weighted by atomic mass is 16.7. The molecule has 2 aromatic carbocycles. The van der Waals surface area contributed by atoms with Crippen LogP contribution < -0.4 is 59.7 Å². The number of aliphatic hydroxyl groups excluding tert-OH is 5. The van der Waals surface area contributed by atoms with Crippen molar-refractivity contribution in [3.63, 3.8) is 0 Å². The fourth-order valence-electron chi connectivity index (χ4n) is 9.23. The zero-order valence-corrected chi connectivity index (χ0v) is 46.7. The number of aromatic hydroxyl groups is 1. The normalized spacial score (nSPS) is 27.3. The van der Waals surface area contributed by atoms with Crippen LogP contribution in [-0.2, 0) is 68.6 Å². The molecule has 13 atom stereocenters. The van der Waals surface area contributed by atoms with E-state index in [2.05, 4.69) is 47.5 Å². The lowest BCUT2D eigenvalue weighted by molar-refractivity contribution is -0.284. The maximum Gasteiger partial charge on any atom is 0.246 e. The Morgan fingerprint density at radius 1 is 0.706 bits per heavy atom. The molecular formula is C54H78N12O19. The SMILES string of the molecule is CCCCOC1CNC(=O)C(CC(N)=O)NC(=O)C(CO)NC(=O)C(CC(N)=O)NC(=O)CNC(=O)C(CCCCN)NC(=O)C(C(O)c2ccc(O)cc2)NC(=O)C(Cc2c[nH]c3ccccc23)NC(=O)CC(OC2OCC(O)C(O)C2O)C1. The Hall–Kier alpha value is -7.88. The number of amides is 10. The van der Waals surface area contributed by atoms with Crippen LogP contribution in [0.5, 0.6) is 5.75 Å². The maximum absolute atomic E-state index is 14.9. The van der Waals surface area contributed by atoms with Gasteiger partial charge in [0.2, 0.25) is 59.1 Å². The largest absolute Gasteiger partial charge is 0.508 e. The van der Waals surface area contributed by atoms with Crippen LogP contribution in [0, 0.1) is 0 Å². The molecule has 3 aromatic rings. The lowest BCUT2D eigenvalue weighted by Gasteiger charge is -2.37. The first kappa shape index (κ1) is 67.9. The molecule has 1 aromatic heterocycles. The number of ether oxygens (including phenoxy) is 3. The van der Waals surface area contributed by atoms with Crippen LogP contribution in [0.2, 0.25) is 0 Å². The first-order valence-corrected chi connectivity index (χ1v) is 27.7. The van der Waals surface area contributed by atoms with Gasteiger partial charge >= 0.3 is 0 Å². The van der Waals surface area contributed by atoms with E-state index < -0.39 is 184 Å². The van der Waals surface area contributed by atoms with Crippen molar-refractivity contribution in [3.05, 3.63) is 65.9 Å². The van der Waals surface area contributed by atoms with E-state index in [9.17, 15) is 78.6 Å². The number of rotatable bonds is 19. The van der Waals surface area contributed by atoms with Crippen molar-refractivity contribution in [1.29, 1.82) is 0 Å². The number of nitrogens with two attached hydrogens (primary N) is 3. The van der Waals surface area contributed by atoms with Crippen LogP contribution >= 0.6 is 0 Å². The van der Waals surface area contributed by atoms with Crippen LogP contribution in [0.3, 0.4) is 0 Å². The van der Waals surface area contributed by atoms with Crippen molar-refractivity contribution in [2.24, 2.45) is 17.2 Å². The minimum atomic E-state index is -1.99. The number of hydrogen-bond donors (Lipinski definition) is 18. The van der Waals surface area contributed by atoms with E-state index in [-0.39, 0.29) is 50.1 Å². The van der Waals surface area contributed by atoms with Gasteiger partial charge in [-0.25, -0.2) is 0 Å². The quantitative estimate of drug-likeness (QED) is 0.0497. The first-order chi connectivity index (χ1) is 40.5. The van der Waals surface area contributed by atoms with Crippen molar-refractivity contribution < 1.29 is 92.8 Å². The predicted molar refractivity (Wildman–Crippen MR) is 297 cm³/mol. The van der Waals surface area contributed by atoms with Gasteiger partial charge in [0.15, 0.2) is 6.29 Å². The van der Waals surface area contributed by atoms with Crippen molar-refractivity contribution >= 4 is 70.0 Å². The summed E-state index contributed by atoms with van der Waals surface area (Å²) in [5, 5.41) is 83.9. The van der Waals surface area contributed by atoms with Crippen molar-refractivity contribution in [1.82, 2.24) is 47.5 Å². The number of unbranched alkanes of at least 4 members (excludes halogenated alkanes) is 2. The molecule has 10 amide bonds. The van der Waals surface area contributed by atoms with Gasteiger partial charge in [0.1, 0.15) is 66.4 Å². The molecule has 0 bridgehead atoms. The third kappa shape index (κ3) is 21.0. The summed E-state index contributed by atoms with van der Waals surface area (Å²) in [4.78, 5) is 140. The zero-order chi connectivity index (χ0) is 62.3. The Balaban J connectivity index is 1.62. The second-order valence-corrected chi connectivity index (χ2v) is 20.6. The number of aromatic amines is 1. The molecule has 0 radical (unpaired) electrons. The number of aliphatic hydroxyl groups is 5. The van der Waals surface area contributed by atoms with E-state index >= 15 is 0 Å². The number of hydrogen-bond acceptors (Lipinski definition) is 20. The third-order valence-corrected chi connectivity index (χ3v) is 13.9. The summed E-state index contributed by atoms with van der Waals surface area (Å²) in [7, 11) is 0. The molecule has 31 heteroatoms. The number of para-hydroxylation sites is 1. The second kappa shape index (κ2) is 33.6. The van der Waals surface area contributed by atoms with Crippen LogP contribution in [0.15, 0.2) is 54.7 Å². The number of carbonyl (C=O) groups is 10. The predicted octanol–water partition coefficient (Wildman–Crippen LogP) is -6.03. The highest BCUT2D eigenvalue weighted by Crippen LogP contribution is 2.25. The topological polar surface area (TPSA) is 510 Å². The van der Waals surface area contributed by atoms with Gasteiger partial charge in [-0.3, -0.25) is 47.9 Å². The summed E-state index contributed by atoms with van der Waals surface area (Å²) in [6, 6.07) is 1.22. The number of fused-ring (bicyclic) bond motifs is 1. The fraction of sp³-hybridized carbons (Fsp3) is 0.556.